The number of ether oxygens (including phenoxy) is 1. The minimum Gasteiger partial charge on any atom is -0.492 e. The number of benzene rings is 2. The monoisotopic (exact) mass is 369 g/mol. The van der Waals surface area contributed by atoms with Gasteiger partial charge in [-0.25, -0.2) is 0 Å². The number of likely N-dealkylation sites (N-methyl/N-ethyl adjacent to an activating group) is 1. The van der Waals surface area contributed by atoms with E-state index in [-0.39, 0.29) is 11.9 Å². The van der Waals surface area contributed by atoms with Crippen LogP contribution in [0.25, 0.3) is 0 Å². The molecule has 1 aliphatic rings. The van der Waals surface area contributed by atoms with Crippen molar-refractivity contribution in [1.29, 1.82) is 5.26 Å². The number of hydrogen-bond acceptors (Lipinski definition) is 4. The van der Waals surface area contributed by atoms with E-state index in [1.807, 2.05) is 36.2 Å². The summed E-state index contributed by atoms with van der Waals surface area (Å²) in [5, 5.41) is 9.56. The van der Waals surface area contributed by atoms with Gasteiger partial charge in [0.2, 0.25) is 5.91 Å². The summed E-state index contributed by atoms with van der Waals surface area (Å²) >= 11 is 5.86. The number of rotatable bonds is 6. The Kier molecular flexibility index (Phi) is 5.77. The van der Waals surface area contributed by atoms with Crippen molar-refractivity contribution in [3.63, 3.8) is 0 Å². The van der Waals surface area contributed by atoms with Crippen molar-refractivity contribution in [3.8, 4) is 11.8 Å². The Morgan fingerprint density at radius 2 is 1.92 bits per heavy atom. The molecule has 1 heterocycles. The average Bonchev–Trinajstić information content (AvgIpc) is 3.05. The Morgan fingerprint density at radius 1 is 1.23 bits per heavy atom. The van der Waals surface area contributed by atoms with Crippen LogP contribution in [0.4, 0.5) is 5.69 Å². The van der Waals surface area contributed by atoms with Crippen LogP contribution in [0.1, 0.15) is 12.0 Å². The normalized spacial score (nSPS) is 16.8. The predicted octanol–water partition coefficient (Wildman–Crippen LogP) is 3.33. The summed E-state index contributed by atoms with van der Waals surface area (Å²) < 4.78 is 5.71. The van der Waals surface area contributed by atoms with Crippen LogP contribution in [0, 0.1) is 11.3 Å². The molecule has 26 heavy (non-hydrogen) atoms. The number of nitriles is 1. The molecule has 0 radical (unpaired) electrons. The fraction of sp³-hybridized carbons (Fsp3) is 0.300. The third-order valence-corrected chi connectivity index (χ3v) is 4.80. The molecule has 0 N–H and O–H groups in total. The SMILES string of the molecule is CN(CCOc1ccc(Cl)cc1)C1CCN(c2ccc(C#N)cc2)C1=O. The first-order chi connectivity index (χ1) is 12.6. The maximum absolute atomic E-state index is 12.7. The molecule has 1 fully saturated rings. The zero-order valence-electron chi connectivity index (χ0n) is 14.6. The van der Waals surface area contributed by atoms with Gasteiger partial charge in [-0.05, 0) is 62.0 Å². The minimum absolute atomic E-state index is 0.0868. The Hall–Kier alpha value is -2.55. The van der Waals surface area contributed by atoms with E-state index in [4.69, 9.17) is 21.6 Å². The van der Waals surface area contributed by atoms with E-state index in [9.17, 15) is 4.79 Å². The zero-order chi connectivity index (χ0) is 18.5. The van der Waals surface area contributed by atoms with Crippen molar-refractivity contribution in [1.82, 2.24) is 4.90 Å². The lowest BCUT2D eigenvalue weighted by atomic mass is 10.2. The molecule has 5 nitrogen and oxygen atoms in total. The predicted molar refractivity (Wildman–Crippen MR) is 101 cm³/mol. The summed E-state index contributed by atoms with van der Waals surface area (Å²) in [6.45, 7) is 1.83. The van der Waals surface area contributed by atoms with Gasteiger partial charge < -0.3 is 9.64 Å². The number of hydrogen-bond donors (Lipinski definition) is 0. The second kappa shape index (κ2) is 8.22. The van der Waals surface area contributed by atoms with E-state index in [2.05, 4.69) is 6.07 Å². The van der Waals surface area contributed by atoms with Crippen LogP contribution in [0.5, 0.6) is 5.75 Å². The first-order valence-electron chi connectivity index (χ1n) is 8.48. The molecule has 2 aromatic rings. The first kappa shape index (κ1) is 18.2. The van der Waals surface area contributed by atoms with Gasteiger partial charge in [0, 0.05) is 23.8 Å². The van der Waals surface area contributed by atoms with Crippen LogP contribution in [-0.2, 0) is 4.79 Å². The second-order valence-corrected chi connectivity index (χ2v) is 6.67. The fourth-order valence-electron chi connectivity index (χ4n) is 3.04. The maximum atomic E-state index is 12.7. The topological polar surface area (TPSA) is 56.6 Å². The number of nitrogens with zero attached hydrogens (tertiary/aromatic N) is 3. The lowest BCUT2D eigenvalue weighted by Gasteiger charge is -2.23. The van der Waals surface area contributed by atoms with Crippen LogP contribution in [0.2, 0.25) is 5.02 Å². The van der Waals surface area contributed by atoms with Crippen molar-refractivity contribution in [2.75, 3.05) is 31.6 Å². The van der Waals surface area contributed by atoms with Gasteiger partial charge in [-0.2, -0.15) is 5.26 Å². The molecular formula is C20H20ClN3O2. The number of anilines is 1. The molecule has 1 unspecified atom stereocenters. The van der Waals surface area contributed by atoms with E-state index in [0.717, 1.165) is 17.9 Å². The number of halogens is 1. The third kappa shape index (κ3) is 4.16. The molecule has 0 aromatic heterocycles. The largest absolute Gasteiger partial charge is 0.492 e. The molecule has 1 atom stereocenters. The van der Waals surface area contributed by atoms with Gasteiger partial charge in [0.05, 0.1) is 17.7 Å². The molecule has 1 amide bonds. The van der Waals surface area contributed by atoms with Crippen molar-refractivity contribution in [2.45, 2.75) is 12.5 Å². The summed E-state index contributed by atoms with van der Waals surface area (Å²) in [6.07, 6.45) is 0.774. The summed E-state index contributed by atoms with van der Waals surface area (Å²) in [5.74, 6) is 0.850. The molecule has 0 aliphatic carbocycles. The summed E-state index contributed by atoms with van der Waals surface area (Å²) in [5.41, 5.74) is 1.43. The second-order valence-electron chi connectivity index (χ2n) is 6.24. The van der Waals surface area contributed by atoms with E-state index in [1.165, 1.54) is 0 Å². The zero-order valence-corrected chi connectivity index (χ0v) is 15.3. The molecule has 3 rings (SSSR count). The van der Waals surface area contributed by atoms with Crippen LogP contribution >= 0.6 is 11.6 Å². The highest BCUT2D eigenvalue weighted by atomic mass is 35.5. The van der Waals surface area contributed by atoms with Gasteiger partial charge in [-0.1, -0.05) is 11.6 Å². The Morgan fingerprint density at radius 3 is 2.58 bits per heavy atom. The summed E-state index contributed by atoms with van der Waals surface area (Å²) in [6, 6.07) is 16.3. The van der Waals surface area contributed by atoms with Crippen molar-refractivity contribution in [3.05, 3.63) is 59.1 Å². The van der Waals surface area contributed by atoms with Crippen molar-refractivity contribution >= 4 is 23.2 Å². The van der Waals surface area contributed by atoms with Crippen LogP contribution in [-0.4, -0.2) is 43.6 Å². The molecule has 134 valence electrons. The standard InChI is InChI=1S/C20H20ClN3O2/c1-23(12-13-26-18-8-4-16(21)5-9-18)19-10-11-24(20(19)25)17-6-2-15(14-22)3-7-17/h2-9,19H,10-13H2,1H3. The molecule has 2 aromatic carbocycles. The fourth-order valence-corrected chi connectivity index (χ4v) is 3.17. The minimum atomic E-state index is -0.153. The maximum Gasteiger partial charge on any atom is 0.244 e. The van der Waals surface area contributed by atoms with Crippen LogP contribution < -0.4 is 9.64 Å². The lowest BCUT2D eigenvalue weighted by Crippen LogP contribution is -2.41. The molecule has 6 heteroatoms. The van der Waals surface area contributed by atoms with Crippen molar-refractivity contribution in [2.24, 2.45) is 0 Å². The van der Waals surface area contributed by atoms with Crippen LogP contribution in [0.3, 0.4) is 0 Å². The number of amides is 1. The van der Waals surface area contributed by atoms with Gasteiger partial charge in [0.15, 0.2) is 0 Å². The molecule has 0 bridgehead atoms. The van der Waals surface area contributed by atoms with E-state index in [1.54, 1.807) is 29.2 Å². The molecule has 0 saturated carbocycles. The third-order valence-electron chi connectivity index (χ3n) is 4.54. The van der Waals surface area contributed by atoms with E-state index < -0.39 is 0 Å². The molecule has 0 spiro atoms. The smallest absolute Gasteiger partial charge is 0.244 e. The van der Waals surface area contributed by atoms with E-state index >= 15 is 0 Å². The summed E-state index contributed by atoms with van der Waals surface area (Å²) in [4.78, 5) is 16.5. The van der Waals surface area contributed by atoms with Gasteiger partial charge >= 0.3 is 0 Å². The average molecular weight is 370 g/mol. The highest BCUT2D eigenvalue weighted by Crippen LogP contribution is 2.24. The molecular weight excluding hydrogens is 350 g/mol. The quantitative estimate of drug-likeness (QED) is 0.783. The van der Waals surface area contributed by atoms with Gasteiger partial charge in [0.25, 0.3) is 0 Å². The lowest BCUT2D eigenvalue weighted by molar-refractivity contribution is -0.121. The first-order valence-corrected chi connectivity index (χ1v) is 8.86. The van der Waals surface area contributed by atoms with Crippen molar-refractivity contribution < 1.29 is 9.53 Å². The number of carbonyl (C=O) groups excluding carboxylic acids is 1. The van der Waals surface area contributed by atoms with Gasteiger partial charge in [-0.15, -0.1) is 0 Å². The Labute approximate surface area is 158 Å². The van der Waals surface area contributed by atoms with Crippen LogP contribution in [0.15, 0.2) is 48.5 Å². The van der Waals surface area contributed by atoms with Gasteiger partial charge in [0.1, 0.15) is 12.4 Å². The highest BCUT2D eigenvalue weighted by Gasteiger charge is 2.35. The number of carbonyl (C=O) groups is 1. The van der Waals surface area contributed by atoms with E-state index in [0.29, 0.717) is 30.3 Å². The summed E-state index contributed by atoms with van der Waals surface area (Å²) in [7, 11) is 1.94. The molecule has 1 aliphatic heterocycles. The Balaban J connectivity index is 1.53. The molecule has 1 saturated heterocycles. The Bertz CT molecular complexity index is 799. The van der Waals surface area contributed by atoms with Gasteiger partial charge in [-0.3, -0.25) is 9.69 Å². The highest BCUT2D eigenvalue weighted by molar-refractivity contribution is 6.30.